The Balaban J connectivity index is 1.63. The molecule has 1 aromatic heterocycles. The van der Waals surface area contributed by atoms with Crippen molar-refractivity contribution in [3.63, 3.8) is 0 Å². The largest absolute Gasteiger partial charge is 0.619 e. The summed E-state index contributed by atoms with van der Waals surface area (Å²) in [6.07, 6.45) is 3.50. The third kappa shape index (κ3) is 7.69. The summed E-state index contributed by atoms with van der Waals surface area (Å²) < 4.78 is 42.7. The van der Waals surface area contributed by atoms with Crippen molar-refractivity contribution >= 4 is 29.2 Å². The zero-order valence-corrected chi connectivity index (χ0v) is 21.7. The van der Waals surface area contributed by atoms with Gasteiger partial charge in [-0.2, -0.15) is 13.5 Å². The van der Waals surface area contributed by atoms with Crippen LogP contribution in [0.25, 0.3) is 0 Å². The highest BCUT2D eigenvalue weighted by atomic mass is 35.5. The highest BCUT2D eigenvalue weighted by Crippen LogP contribution is 2.37. The Morgan fingerprint density at radius 3 is 2.37 bits per heavy atom. The van der Waals surface area contributed by atoms with Crippen molar-refractivity contribution in [2.75, 3.05) is 6.61 Å². The minimum atomic E-state index is -3.05. The molecule has 0 saturated heterocycles. The Hall–Kier alpha value is -3.14. The first kappa shape index (κ1) is 27.9. The number of pyridine rings is 1. The van der Waals surface area contributed by atoms with Crippen LogP contribution < -0.4 is 19.9 Å². The number of hydrogen-bond acceptors (Lipinski definition) is 6. The number of hydrogen-bond donors (Lipinski definition) is 1. The normalized spacial score (nSPS) is 14.7. The van der Waals surface area contributed by atoms with Crippen molar-refractivity contribution in [1.82, 2.24) is 0 Å². The first-order valence-electron chi connectivity index (χ1n) is 12.0. The van der Waals surface area contributed by atoms with Crippen molar-refractivity contribution in [2.24, 2.45) is 11.7 Å². The number of carbonyl (C=O) groups excluding carboxylic acids is 1. The Kier molecular flexibility index (Phi) is 9.25. The molecule has 2 unspecified atom stereocenters. The smallest absolute Gasteiger partial charge is 0.387 e. The van der Waals surface area contributed by atoms with Crippen LogP contribution in [0.5, 0.6) is 11.5 Å². The number of esters is 1. The van der Waals surface area contributed by atoms with Crippen molar-refractivity contribution < 1.29 is 32.5 Å². The quantitative estimate of drug-likeness (QED) is 0.179. The zero-order valence-electron chi connectivity index (χ0n) is 20.2. The van der Waals surface area contributed by atoms with Gasteiger partial charge in [-0.3, -0.25) is 4.79 Å². The molecule has 1 saturated carbocycles. The number of carbonyl (C=O) groups is 1. The zero-order chi connectivity index (χ0) is 27.2. The fraction of sp³-hybridized carbons (Fsp3) is 0.333. The minimum absolute atomic E-state index is 0.0145. The monoisotopic (exact) mass is 566 g/mol. The Morgan fingerprint density at radius 2 is 1.74 bits per heavy atom. The van der Waals surface area contributed by atoms with E-state index in [1.807, 2.05) is 30.3 Å². The van der Waals surface area contributed by atoms with Crippen molar-refractivity contribution in [3.05, 3.63) is 92.9 Å². The second-order valence-corrected chi connectivity index (χ2v) is 9.87. The van der Waals surface area contributed by atoms with Gasteiger partial charge in [0.15, 0.2) is 23.9 Å². The molecule has 202 valence electrons. The van der Waals surface area contributed by atoms with E-state index in [9.17, 15) is 18.8 Å². The molecule has 1 fully saturated rings. The maximum absolute atomic E-state index is 13.0. The summed E-state index contributed by atoms with van der Waals surface area (Å²) in [7, 11) is 0. The summed E-state index contributed by atoms with van der Waals surface area (Å²) in [6.45, 7) is -2.70. The van der Waals surface area contributed by atoms with Gasteiger partial charge >= 0.3 is 12.6 Å². The topological polar surface area (TPSA) is 97.7 Å². The molecule has 0 amide bonds. The molecule has 11 heteroatoms. The Labute approximate surface area is 228 Å². The summed E-state index contributed by atoms with van der Waals surface area (Å²) in [4.78, 5) is 13.0. The second kappa shape index (κ2) is 12.6. The van der Waals surface area contributed by atoms with Crippen LogP contribution in [0.2, 0.25) is 10.0 Å². The molecule has 38 heavy (non-hydrogen) atoms. The molecule has 2 atom stereocenters. The molecule has 0 radical (unpaired) electrons. The van der Waals surface area contributed by atoms with E-state index in [0.717, 1.165) is 30.8 Å². The summed E-state index contributed by atoms with van der Waals surface area (Å²) >= 11 is 12.6. The van der Waals surface area contributed by atoms with Crippen LogP contribution in [-0.2, 0) is 22.4 Å². The third-order valence-corrected chi connectivity index (χ3v) is 6.69. The van der Waals surface area contributed by atoms with E-state index in [2.05, 4.69) is 4.74 Å². The molecule has 2 aromatic carbocycles. The number of nitrogens with two attached hydrogens (primary N) is 1. The molecule has 1 aliphatic carbocycles. The van der Waals surface area contributed by atoms with E-state index in [1.165, 1.54) is 18.2 Å². The van der Waals surface area contributed by atoms with E-state index < -0.39 is 24.7 Å². The molecule has 7 nitrogen and oxygen atoms in total. The van der Waals surface area contributed by atoms with Crippen molar-refractivity contribution in [1.29, 1.82) is 0 Å². The lowest BCUT2D eigenvalue weighted by Crippen LogP contribution is -2.35. The number of alkyl halides is 2. The summed E-state index contributed by atoms with van der Waals surface area (Å²) in [5.41, 5.74) is 7.78. The minimum Gasteiger partial charge on any atom is -0.619 e. The number of halogens is 4. The average Bonchev–Trinajstić information content (AvgIpc) is 3.69. The molecule has 2 N–H and O–H groups in total. The van der Waals surface area contributed by atoms with Crippen molar-refractivity contribution in [2.45, 2.75) is 44.4 Å². The van der Waals surface area contributed by atoms with Gasteiger partial charge in [0.25, 0.3) is 0 Å². The molecular formula is C27H26Cl2F2N2O5. The molecule has 4 rings (SSSR count). The van der Waals surface area contributed by atoms with Gasteiger partial charge in [0, 0.05) is 12.0 Å². The maximum atomic E-state index is 13.0. The molecule has 0 aliphatic heterocycles. The van der Waals surface area contributed by atoms with E-state index >= 15 is 0 Å². The van der Waals surface area contributed by atoms with Gasteiger partial charge in [0.1, 0.15) is 22.2 Å². The SMILES string of the molecule is NC(Cc1ccccc1)C(=O)OC(Cc1c(Cl)c[n+]([O-])cc1Cl)c1ccc(OC(F)F)c(OCC2CC2)c1. The van der Waals surface area contributed by atoms with Crippen LogP contribution in [0.3, 0.4) is 0 Å². The maximum Gasteiger partial charge on any atom is 0.387 e. The van der Waals surface area contributed by atoms with Crippen LogP contribution in [0, 0.1) is 11.1 Å². The molecular weight excluding hydrogens is 541 g/mol. The Morgan fingerprint density at radius 1 is 1.05 bits per heavy atom. The first-order chi connectivity index (χ1) is 18.2. The molecule has 3 aromatic rings. The van der Waals surface area contributed by atoms with Crippen molar-refractivity contribution in [3.8, 4) is 11.5 Å². The van der Waals surface area contributed by atoms with E-state index in [-0.39, 0.29) is 34.4 Å². The van der Waals surface area contributed by atoms with Gasteiger partial charge < -0.3 is 25.2 Å². The van der Waals surface area contributed by atoms with Crippen LogP contribution in [0.1, 0.15) is 35.6 Å². The van der Waals surface area contributed by atoms with Gasteiger partial charge in [0.05, 0.1) is 6.61 Å². The predicted molar refractivity (Wildman–Crippen MR) is 137 cm³/mol. The van der Waals surface area contributed by atoms with Gasteiger partial charge in [0.2, 0.25) is 0 Å². The van der Waals surface area contributed by atoms with Crippen LogP contribution >= 0.6 is 23.2 Å². The molecule has 1 aliphatic rings. The van der Waals surface area contributed by atoms with Crippen LogP contribution in [-0.4, -0.2) is 25.2 Å². The fourth-order valence-electron chi connectivity index (χ4n) is 3.84. The van der Waals surface area contributed by atoms with E-state index in [4.69, 9.17) is 38.4 Å². The lowest BCUT2D eigenvalue weighted by molar-refractivity contribution is -0.605. The van der Waals surface area contributed by atoms with E-state index in [1.54, 1.807) is 0 Å². The summed E-state index contributed by atoms with van der Waals surface area (Å²) in [5.74, 6) is -0.386. The van der Waals surface area contributed by atoms with Gasteiger partial charge in [-0.25, -0.2) is 0 Å². The number of benzene rings is 2. The second-order valence-electron chi connectivity index (χ2n) is 9.06. The number of ether oxygens (including phenoxy) is 3. The lowest BCUT2D eigenvalue weighted by atomic mass is 10.0. The highest BCUT2D eigenvalue weighted by molar-refractivity contribution is 6.35. The van der Waals surface area contributed by atoms with Gasteiger partial charge in [-0.15, -0.1) is 0 Å². The van der Waals surface area contributed by atoms with Crippen LogP contribution in [0.15, 0.2) is 60.9 Å². The number of aromatic nitrogens is 1. The summed E-state index contributed by atoms with van der Waals surface area (Å²) in [6, 6.07) is 12.5. The first-order valence-corrected chi connectivity index (χ1v) is 12.7. The summed E-state index contributed by atoms with van der Waals surface area (Å²) in [5, 5.41) is 11.9. The average molecular weight is 567 g/mol. The third-order valence-electron chi connectivity index (χ3n) is 6.03. The molecule has 1 heterocycles. The van der Waals surface area contributed by atoms with Crippen LogP contribution in [0.4, 0.5) is 8.78 Å². The van der Waals surface area contributed by atoms with E-state index in [0.29, 0.717) is 28.4 Å². The lowest BCUT2D eigenvalue weighted by Gasteiger charge is -2.23. The highest BCUT2D eigenvalue weighted by Gasteiger charge is 2.28. The van der Waals surface area contributed by atoms with Gasteiger partial charge in [-0.05, 0) is 48.4 Å². The molecule has 0 bridgehead atoms. The standard InChI is InChI=1S/C27H26Cl2F2N2O5/c28-20-13-33(35)14-21(29)19(20)12-24(37-26(34)22(32)10-16-4-2-1-3-5-16)18-8-9-23(38-27(30)31)25(11-18)36-15-17-6-7-17/h1-5,8-9,11,13-14,17,22,24,27H,6-7,10,12,15,32H2. The number of rotatable bonds is 12. The molecule has 0 spiro atoms. The number of nitrogens with zero attached hydrogens (tertiary/aromatic N) is 1. The van der Waals surface area contributed by atoms with Gasteiger partial charge in [-0.1, -0.05) is 59.6 Å². The predicted octanol–water partition coefficient (Wildman–Crippen LogP) is 5.41. The fourth-order valence-corrected chi connectivity index (χ4v) is 4.44. The Bertz CT molecular complexity index is 1240.